The van der Waals surface area contributed by atoms with Crippen LogP contribution < -0.4 is 10.1 Å². The van der Waals surface area contributed by atoms with Crippen molar-refractivity contribution in [2.75, 3.05) is 12.4 Å². The Kier molecular flexibility index (Phi) is 5.54. The molecule has 126 valence electrons. The quantitative estimate of drug-likeness (QED) is 0.645. The zero-order valence-electron chi connectivity index (χ0n) is 13.7. The van der Waals surface area contributed by atoms with Crippen LogP contribution in [0, 0.1) is 18.3 Å². The van der Waals surface area contributed by atoms with Crippen LogP contribution in [0.4, 0.5) is 5.69 Å². The molecule has 0 bridgehead atoms. The second-order valence-electron chi connectivity index (χ2n) is 5.24. The van der Waals surface area contributed by atoms with Gasteiger partial charge in [-0.3, -0.25) is 4.79 Å². The normalized spacial score (nSPS) is 10.7. The van der Waals surface area contributed by atoms with Crippen LogP contribution in [-0.2, 0) is 4.79 Å². The average Bonchev–Trinajstić information content (AvgIpc) is 2.60. The molecule has 2 aromatic rings. The first-order valence-electron chi connectivity index (χ1n) is 7.35. The largest absolute Gasteiger partial charge is 0.496 e. The van der Waals surface area contributed by atoms with Gasteiger partial charge in [-0.25, -0.2) is 4.79 Å². The number of carboxylic acids is 1. The Balaban J connectivity index is 2.19. The maximum atomic E-state index is 12.2. The number of carboxylic acid groups (broad SMARTS) is 1. The summed E-state index contributed by atoms with van der Waals surface area (Å²) in [4.78, 5) is 23.0. The highest BCUT2D eigenvalue weighted by Crippen LogP contribution is 2.20. The van der Waals surface area contributed by atoms with E-state index in [9.17, 15) is 14.9 Å². The van der Waals surface area contributed by atoms with Crippen molar-refractivity contribution in [1.29, 1.82) is 5.26 Å². The number of hydrogen-bond acceptors (Lipinski definition) is 4. The van der Waals surface area contributed by atoms with E-state index < -0.39 is 11.9 Å². The molecule has 0 saturated carbocycles. The predicted molar refractivity (Wildman–Crippen MR) is 93.4 cm³/mol. The molecule has 0 heterocycles. The Morgan fingerprint density at radius 3 is 2.40 bits per heavy atom. The summed E-state index contributed by atoms with van der Waals surface area (Å²) in [5, 5.41) is 20.7. The smallest absolute Gasteiger partial charge is 0.335 e. The van der Waals surface area contributed by atoms with Gasteiger partial charge in [0, 0.05) is 5.69 Å². The number of methoxy groups -OCH3 is 1. The van der Waals surface area contributed by atoms with Crippen molar-refractivity contribution in [1.82, 2.24) is 0 Å². The first-order valence-corrected chi connectivity index (χ1v) is 7.35. The molecule has 0 fully saturated rings. The van der Waals surface area contributed by atoms with Crippen LogP contribution >= 0.6 is 0 Å². The lowest BCUT2D eigenvalue weighted by atomic mass is 10.1. The van der Waals surface area contributed by atoms with E-state index in [0.717, 1.165) is 11.3 Å². The number of anilines is 1. The third-order valence-corrected chi connectivity index (χ3v) is 3.48. The molecule has 0 aliphatic heterocycles. The first-order chi connectivity index (χ1) is 11.9. The van der Waals surface area contributed by atoms with Gasteiger partial charge in [-0.05, 0) is 60.5 Å². The minimum Gasteiger partial charge on any atom is -0.496 e. The third kappa shape index (κ3) is 4.45. The van der Waals surface area contributed by atoms with E-state index >= 15 is 0 Å². The fourth-order valence-corrected chi connectivity index (χ4v) is 2.20. The van der Waals surface area contributed by atoms with E-state index in [2.05, 4.69) is 5.32 Å². The highest BCUT2D eigenvalue weighted by atomic mass is 16.5. The lowest BCUT2D eigenvalue weighted by Gasteiger charge is -2.06. The zero-order valence-corrected chi connectivity index (χ0v) is 13.7. The molecule has 0 radical (unpaired) electrons. The van der Waals surface area contributed by atoms with Gasteiger partial charge in [0.1, 0.15) is 17.4 Å². The third-order valence-electron chi connectivity index (χ3n) is 3.48. The molecule has 0 aliphatic rings. The highest BCUT2D eigenvalue weighted by molar-refractivity contribution is 6.09. The summed E-state index contributed by atoms with van der Waals surface area (Å²) in [6, 6.07) is 12.9. The SMILES string of the molecule is COc1ccc(/C=C(\C#N)C(=O)Nc2ccc(C(=O)O)cc2)cc1C. The van der Waals surface area contributed by atoms with Gasteiger partial charge in [-0.1, -0.05) is 6.07 Å². The Hall–Kier alpha value is -3.59. The van der Waals surface area contributed by atoms with E-state index in [1.807, 2.05) is 19.1 Å². The Morgan fingerprint density at radius 2 is 1.88 bits per heavy atom. The molecule has 0 atom stereocenters. The second kappa shape index (κ2) is 7.79. The Morgan fingerprint density at radius 1 is 1.20 bits per heavy atom. The van der Waals surface area contributed by atoms with Crippen LogP contribution in [0.15, 0.2) is 48.0 Å². The number of carbonyl (C=O) groups is 2. The lowest BCUT2D eigenvalue weighted by Crippen LogP contribution is -2.13. The van der Waals surface area contributed by atoms with Crippen molar-refractivity contribution in [3.05, 3.63) is 64.7 Å². The number of carbonyl (C=O) groups excluding carboxylic acids is 1. The topological polar surface area (TPSA) is 99.4 Å². The molecule has 0 aliphatic carbocycles. The van der Waals surface area contributed by atoms with Crippen molar-refractivity contribution in [2.45, 2.75) is 6.92 Å². The van der Waals surface area contributed by atoms with Gasteiger partial charge in [0.05, 0.1) is 12.7 Å². The number of nitriles is 1. The zero-order chi connectivity index (χ0) is 18.4. The molecule has 0 aromatic heterocycles. The molecular weight excluding hydrogens is 320 g/mol. The van der Waals surface area contributed by atoms with Crippen molar-refractivity contribution >= 4 is 23.6 Å². The molecular formula is C19H16N2O4. The molecule has 2 N–H and O–H groups in total. The molecule has 2 rings (SSSR count). The molecule has 1 amide bonds. The summed E-state index contributed by atoms with van der Waals surface area (Å²) in [7, 11) is 1.57. The van der Waals surface area contributed by atoms with Crippen LogP contribution in [0.3, 0.4) is 0 Å². The first kappa shape index (κ1) is 17.8. The van der Waals surface area contributed by atoms with Gasteiger partial charge in [-0.2, -0.15) is 5.26 Å². The number of aromatic carboxylic acids is 1. The average molecular weight is 336 g/mol. The maximum absolute atomic E-state index is 12.2. The van der Waals surface area contributed by atoms with Gasteiger partial charge < -0.3 is 15.2 Å². The molecule has 6 nitrogen and oxygen atoms in total. The van der Waals surface area contributed by atoms with Gasteiger partial charge in [0.15, 0.2) is 0 Å². The summed E-state index contributed by atoms with van der Waals surface area (Å²) >= 11 is 0. The van der Waals surface area contributed by atoms with Crippen LogP contribution in [-0.4, -0.2) is 24.1 Å². The number of benzene rings is 2. The molecule has 0 unspecified atom stereocenters. The van der Waals surface area contributed by atoms with Crippen molar-refractivity contribution < 1.29 is 19.4 Å². The van der Waals surface area contributed by atoms with E-state index in [1.54, 1.807) is 19.2 Å². The molecule has 6 heteroatoms. The van der Waals surface area contributed by atoms with E-state index in [0.29, 0.717) is 11.3 Å². The van der Waals surface area contributed by atoms with Gasteiger partial charge in [0.25, 0.3) is 5.91 Å². The van der Waals surface area contributed by atoms with Crippen molar-refractivity contribution in [2.24, 2.45) is 0 Å². The van der Waals surface area contributed by atoms with Crippen LogP contribution in [0.25, 0.3) is 6.08 Å². The Bertz CT molecular complexity index is 877. The van der Waals surface area contributed by atoms with E-state index in [4.69, 9.17) is 9.84 Å². The molecule has 25 heavy (non-hydrogen) atoms. The monoisotopic (exact) mass is 336 g/mol. The summed E-state index contributed by atoms with van der Waals surface area (Å²) in [6.45, 7) is 1.87. The summed E-state index contributed by atoms with van der Waals surface area (Å²) < 4.78 is 5.18. The van der Waals surface area contributed by atoms with Gasteiger partial charge in [-0.15, -0.1) is 0 Å². The number of rotatable bonds is 5. The predicted octanol–water partition coefficient (Wildman–Crippen LogP) is 3.25. The number of nitrogens with one attached hydrogen (secondary N) is 1. The fourth-order valence-electron chi connectivity index (χ4n) is 2.20. The minimum absolute atomic E-state index is 0.0631. The van der Waals surface area contributed by atoms with Gasteiger partial charge >= 0.3 is 5.97 Å². The van der Waals surface area contributed by atoms with E-state index in [1.165, 1.54) is 30.3 Å². The summed E-state index contributed by atoms with van der Waals surface area (Å²) in [5.74, 6) is -0.900. The van der Waals surface area contributed by atoms with Crippen LogP contribution in [0.5, 0.6) is 5.75 Å². The molecule has 2 aromatic carbocycles. The second-order valence-corrected chi connectivity index (χ2v) is 5.24. The summed E-state index contributed by atoms with van der Waals surface area (Å²) in [6.07, 6.45) is 1.48. The van der Waals surface area contributed by atoms with E-state index in [-0.39, 0.29) is 11.1 Å². The Labute approximate surface area is 145 Å². The fraction of sp³-hybridized carbons (Fsp3) is 0.105. The molecule has 0 saturated heterocycles. The van der Waals surface area contributed by atoms with Crippen LogP contribution in [0.1, 0.15) is 21.5 Å². The minimum atomic E-state index is -1.05. The number of nitrogens with zero attached hydrogens (tertiary/aromatic N) is 1. The maximum Gasteiger partial charge on any atom is 0.335 e. The molecule has 0 spiro atoms. The van der Waals surface area contributed by atoms with Crippen molar-refractivity contribution in [3.63, 3.8) is 0 Å². The number of hydrogen-bond donors (Lipinski definition) is 2. The highest BCUT2D eigenvalue weighted by Gasteiger charge is 2.11. The lowest BCUT2D eigenvalue weighted by molar-refractivity contribution is -0.112. The standard InChI is InChI=1S/C19H16N2O4/c1-12-9-13(3-8-17(12)25-2)10-15(11-20)18(22)21-16-6-4-14(5-7-16)19(23)24/h3-10H,1-2H3,(H,21,22)(H,23,24)/b15-10+. The van der Waals surface area contributed by atoms with Crippen molar-refractivity contribution in [3.8, 4) is 11.8 Å². The van der Waals surface area contributed by atoms with Gasteiger partial charge in [0.2, 0.25) is 0 Å². The number of ether oxygens (including phenoxy) is 1. The number of aryl methyl sites for hydroxylation is 1. The number of amides is 1. The van der Waals surface area contributed by atoms with Crippen LogP contribution in [0.2, 0.25) is 0 Å². The summed E-state index contributed by atoms with van der Waals surface area (Å²) in [5.41, 5.74) is 2.04.